The summed E-state index contributed by atoms with van der Waals surface area (Å²) in [7, 11) is 0. The van der Waals surface area contributed by atoms with Crippen LogP contribution in [0.2, 0.25) is 0 Å². The number of rotatable bonds is 2. The summed E-state index contributed by atoms with van der Waals surface area (Å²) in [5.74, 6) is 1.06. The number of likely N-dealkylation sites (tertiary alicyclic amines) is 1. The highest BCUT2D eigenvalue weighted by Gasteiger charge is 2.38. The van der Waals surface area contributed by atoms with Crippen LogP contribution in [0.1, 0.15) is 52.7 Å². The Hall–Kier alpha value is -2.07. The standard InChI is InChI=1S/C23H23BrN2O/c24-17-9-6-15(7-10-17)22-19-5-3-4-18(19)20-14-16(8-11-21(20)25-22)23(27)26-12-1-2-13-26/h3-4,6-11,14,18-19,22,25H,1-2,5,12-13H2/t18-,19+,22-/m1/s1. The normalized spacial score (nSPS) is 25.8. The fourth-order valence-corrected chi connectivity index (χ4v) is 5.09. The first kappa shape index (κ1) is 17.1. The zero-order valence-corrected chi connectivity index (χ0v) is 16.8. The van der Waals surface area contributed by atoms with E-state index in [1.165, 1.54) is 11.1 Å². The van der Waals surface area contributed by atoms with Gasteiger partial charge in [0.25, 0.3) is 5.91 Å². The molecule has 1 N–H and O–H groups in total. The van der Waals surface area contributed by atoms with Crippen LogP contribution in [0.3, 0.4) is 0 Å². The van der Waals surface area contributed by atoms with E-state index < -0.39 is 0 Å². The number of anilines is 1. The Morgan fingerprint density at radius 1 is 1.07 bits per heavy atom. The zero-order chi connectivity index (χ0) is 18.4. The summed E-state index contributed by atoms with van der Waals surface area (Å²) in [5.41, 5.74) is 4.58. The average Bonchev–Trinajstić information content (AvgIpc) is 3.39. The van der Waals surface area contributed by atoms with Gasteiger partial charge >= 0.3 is 0 Å². The Bertz CT molecular complexity index is 899. The highest BCUT2D eigenvalue weighted by molar-refractivity contribution is 9.10. The maximum absolute atomic E-state index is 12.8. The van der Waals surface area contributed by atoms with Crippen molar-refractivity contribution >= 4 is 27.5 Å². The number of nitrogens with one attached hydrogen (secondary N) is 1. The molecule has 138 valence electrons. The van der Waals surface area contributed by atoms with Gasteiger partial charge in [-0.1, -0.05) is 40.2 Å². The van der Waals surface area contributed by atoms with Crippen LogP contribution in [0.4, 0.5) is 5.69 Å². The average molecular weight is 423 g/mol. The fraction of sp³-hybridized carbons (Fsp3) is 0.348. The second kappa shape index (κ2) is 6.83. The van der Waals surface area contributed by atoms with Gasteiger partial charge in [-0.05, 0) is 66.6 Å². The van der Waals surface area contributed by atoms with Gasteiger partial charge in [0.1, 0.15) is 0 Å². The Labute approximate surface area is 168 Å². The van der Waals surface area contributed by atoms with Gasteiger partial charge in [-0.3, -0.25) is 4.79 Å². The lowest BCUT2D eigenvalue weighted by atomic mass is 9.76. The Morgan fingerprint density at radius 3 is 2.63 bits per heavy atom. The quantitative estimate of drug-likeness (QED) is 0.646. The molecule has 2 aromatic carbocycles. The van der Waals surface area contributed by atoms with E-state index in [0.717, 1.165) is 48.1 Å². The van der Waals surface area contributed by atoms with Crippen molar-refractivity contribution in [2.24, 2.45) is 5.92 Å². The molecular formula is C23H23BrN2O. The van der Waals surface area contributed by atoms with E-state index in [1.54, 1.807) is 0 Å². The summed E-state index contributed by atoms with van der Waals surface area (Å²) in [6.45, 7) is 1.79. The maximum atomic E-state index is 12.8. The van der Waals surface area contributed by atoms with Crippen LogP contribution in [-0.2, 0) is 0 Å². The molecule has 0 spiro atoms. The molecule has 0 radical (unpaired) electrons. The fourth-order valence-electron chi connectivity index (χ4n) is 4.83. The van der Waals surface area contributed by atoms with Crippen LogP contribution < -0.4 is 5.32 Å². The summed E-state index contributed by atoms with van der Waals surface area (Å²) in [6.07, 6.45) is 7.95. The molecule has 3 atom stereocenters. The first-order valence-corrected chi connectivity index (χ1v) is 10.6. The van der Waals surface area contributed by atoms with Crippen molar-refractivity contribution in [3.8, 4) is 0 Å². The SMILES string of the molecule is O=C(c1ccc2c(c1)[C@@H]1C=CC[C@@H]1[C@@H](c1ccc(Br)cc1)N2)N1CCCC1. The van der Waals surface area contributed by atoms with Crippen LogP contribution in [0, 0.1) is 5.92 Å². The third-order valence-electron chi connectivity index (χ3n) is 6.23. The van der Waals surface area contributed by atoms with Gasteiger partial charge in [0.05, 0.1) is 6.04 Å². The van der Waals surface area contributed by atoms with E-state index in [2.05, 4.69) is 69.8 Å². The molecule has 5 rings (SSSR count). The largest absolute Gasteiger partial charge is 0.378 e. The number of hydrogen-bond donors (Lipinski definition) is 1. The Balaban J connectivity index is 1.49. The Morgan fingerprint density at radius 2 is 1.85 bits per heavy atom. The van der Waals surface area contributed by atoms with Crippen LogP contribution in [0.25, 0.3) is 0 Å². The van der Waals surface area contributed by atoms with Gasteiger partial charge in [-0.25, -0.2) is 0 Å². The first-order valence-electron chi connectivity index (χ1n) is 9.82. The molecule has 2 aromatic rings. The van der Waals surface area contributed by atoms with Crippen LogP contribution in [-0.4, -0.2) is 23.9 Å². The number of allylic oxidation sites excluding steroid dienone is 2. The molecule has 2 heterocycles. The van der Waals surface area contributed by atoms with Crippen molar-refractivity contribution in [3.05, 3.63) is 75.8 Å². The minimum Gasteiger partial charge on any atom is -0.378 e. The number of fused-ring (bicyclic) bond motifs is 3. The second-order valence-electron chi connectivity index (χ2n) is 7.83. The summed E-state index contributed by atoms with van der Waals surface area (Å²) < 4.78 is 1.11. The predicted octanol–water partition coefficient (Wildman–Crippen LogP) is 5.51. The van der Waals surface area contributed by atoms with E-state index in [1.807, 2.05) is 11.0 Å². The smallest absolute Gasteiger partial charge is 0.253 e. The number of amides is 1. The minimum absolute atomic E-state index is 0.184. The summed E-state index contributed by atoms with van der Waals surface area (Å²) in [6, 6.07) is 15.2. The Kier molecular flexibility index (Phi) is 4.31. The molecule has 4 heteroatoms. The molecule has 27 heavy (non-hydrogen) atoms. The number of benzene rings is 2. The lowest BCUT2D eigenvalue weighted by Gasteiger charge is -2.38. The molecule has 0 bridgehead atoms. The molecule has 0 aromatic heterocycles. The predicted molar refractivity (Wildman–Crippen MR) is 112 cm³/mol. The minimum atomic E-state index is 0.184. The van der Waals surface area contributed by atoms with Crippen LogP contribution in [0.5, 0.6) is 0 Å². The van der Waals surface area contributed by atoms with Gasteiger partial charge in [0.2, 0.25) is 0 Å². The number of nitrogens with zero attached hydrogens (tertiary/aromatic N) is 1. The van der Waals surface area contributed by atoms with Crippen molar-refractivity contribution in [2.45, 2.75) is 31.2 Å². The number of hydrogen-bond acceptors (Lipinski definition) is 2. The van der Waals surface area contributed by atoms with Crippen molar-refractivity contribution in [1.82, 2.24) is 4.90 Å². The van der Waals surface area contributed by atoms with Gasteiger partial charge in [-0.15, -0.1) is 0 Å². The lowest BCUT2D eigenvalue weighted by molar-refractivity contribution is 0.0792. The maximum Gasteiger partial charge on any atom is 0.253 e. The molecule has 3 nitrogen and oxygen atoms in total. The molecule has 1 amide bonds. The molecule has 2 aliphatic heterocycles. The molecule has 0 saturated carbocycles. The highest BCUT2D eigenvalue weighted by Crippen LogP contribution is 2.50. The molecule has 1 saturated heterocycles. The highest BCUT2D eigenvalue weighted by atomic mass is 79.9. The van der Waals surface area contributed by atoms with E-state index in [9.17, 15) is 4.79 Å². The van der Waals surface area contributed by atoms with Crippen LogP contribution >= 0.6 is 15.9 Å². The van der Waals surface area contributed by atoms with Gasteiger partial charge < -0.3 is 10.2 Å². The molecule has 1 aliphatic carbocycles. The molecule has 0 unspecified atom stereocenters. The molecule has 3 aliphatic rings. The van der Waals surface area contributed by atoms with Gasteiger partial charge in [-0.2, -0.15) is 0 Å². The lowest BCUT2D eigenvalue weighted by Crippen LogP contribution is -2.30. The summed E-state index contributed by atoms with van der Waals surface area (Å²) in [5, 5.41) is 3.76. The number of carbonyl (C=O) groups is 1. The summed E-state index contributed by atoms with van der Waals surface area (Å²) >= 11 is 3.53. The van der Waals surface area contributed by atoms with Crippen molar-refractivity contribution in [2.75, 3.05) is 18.4 Å². The van der Waals surface area contributed by atoms with Crippen LogP contribution in [0.15, 0.2) is 59.1 Å². The monoisotopic (exact) mass is 422 g/mol. The van der Waals surface area contributed by atoms with Gasteiger partial charge in [0.15, 0.2) is 0 Å². The van der Waals surface area contributed by atoms with Crippen molar-refractivity contribution in [3.63, 3.8) is 0 Å². The summed E-state index contributed by atoms with van der Waals surface area (Å²) in [4.78, 5) is 14.8. The van der Waals surface area contributed by atoms with E-state index >= 15 is 0 Å². The van der Waals surface area contributed by atoms with Gasteiger partial charge in [0, 0.05) is 34.7 Å². The topological polar surface area (TPSA) is 32.3 Å². The van der Waals surface area contributed by atoms with E-state index in [-0.39, 0.29) is 5.91 Å². The second-order valence-corrected chi connectivity index (χ2v) is 8.74. The van der Waals surface area contributed by atoms with E-state index in [0.29, 0.717) is 17.9 Å². The number of carbonyl (C=O) groups excluding carboxylic acids is 1. The third-order valence-corrected chi connectivity index (χ3v) is 6.76. The first-order chi connectivity index (χ1) is 13.2. The molecule has 1 fully saturated rings. The van der Waals surface area contributed by atoms with Crippen molar-refractivity contribution < 1.29 is 4.79 Å². The molecular weight excluding hydrogens is 400 g/mol. The number of halogens is 1. The van der Waals surface area contributed by atoms with Crippen molar-refractivity contribution in [1.29, 1.82) is 0 Å². The third kappa shape index (κ3) is 3.00. The zero-order valence-electron chi connectivity index (χ0n) is 15.2. The van der Waals surface area contributed by atoms with E-state index in [4.69, 9.17) is 0 Å².